The van der Waals surface area contributed by atoms with Crippen LogP contribution in [0.15, 0.2) is 42.2 Å². The number of thiazole rings is 1. The highest BCUT2D eigenvalue weighted by atomic mass is 32.1. The predicted molar refractivity (Wildman–Crippen MR) is 72.4 cm³/mol. The molecule has 0 aliphatic rings. The van der Waals surface area contributed by atoms with Gasteiger partial charge in [-0.1, -0.05) is 12.1 Å². The summed E-state index contributed by atoms with van der Waals surface area (Å²) in [5.41, 5.74) is 3.05. The van der Waals surface area contributed by atoms with Crippen LogP contribution in [-0.2, 0) is 0 Å². The van der Waals surface area contributed by atoms with E-state index in [1.807, 2.05) is 25.0 Å². The topological polar surface area (TPSA) is 37.8 Å². The van der Waals surface area contributed by atoms with Gasteiger partial charge >= 0.3 is 0 Å². The molecule has 2 heterocycles. The van der Waals surface area contributed by atoms with E-state index < -0.39 is 0 Å². The fraction of sp³-hybridized carbons (Fsp3) is 0.0769. The summed E-state index contributed by atoms with van der Waals surface area (Å²) in [6.45, 7) is 0. The Morgan fingerprint density at radius 3 is 2.82 bits per heavy atom. The zero-order valence-corrected chi connectivity index (χ0v) is 10.2. The van der Waals surface area contributed by atoms with Gasteiger partial charge in [0.05, 0.1) is 10.4 Å². The predicted octanol–water partition coefficient (Wildman–Crippen LogP) is 3.40. The van der Waals surface area contributed by atoms with Crippen LogP contribution in [0.2, 0.25) is 0 Å². The summed E-state index contributed by atoms with van der Waals surface area (Å²) in [6, 6.07) is 8.43. The van der Waals surface area contributed by atoms with Gasteiger partial charge in [-0.15, -0.1) is 11.3 Å². The van der Waals surface area contributed by atoms with Crippen LogP contribution in [0.25, 0.3) is 21.2 Å². The van der Waals surface area contributed by atoms with Crippen LogP contribution in [0.3, 0.4) is 0 Å². The largest absolute Gasteiger partial charge is 0.373 e. The molecule has 1 N–H and O–H groups in total. The minimum atomic E-state index is 0.888. The Hall–Kier alpha value is -1.94. The second-order valence-corrected chi connectivity index (χ2v) is 4.63. The van der Waals surface area contributed by atoms with Crippen molar-refractivity contribution in [1.29, 1.82) is 0 Å². The van der Waals surface area contributed by atoms with Crippen LogP contribution in [-0.4, -0.2) is 17.0 Å². The Morgan fingerprint density at radius 1 is 1.12 bits per heavy atom. The van der Waals surface area contributed by atoms with E-state index in [9.17, 15) is 0 Å². The molecule has 0 spiro atoms. The van der Waals surface area contributed by atoms with E-state index in [2.05, 4.69) is 39.6 Å². The molecule has 17 heavy (non-hydrogen) atoms. The fourth-order valence-corrected chi connectivity index (χ4v) is 2.41. The van der Waals surface area contributed by atoms with Crippen LogP contribution in [0.1, 0.15) is 0 Å². The zero-order valence-electron chi connectivity index (χ0n) is 9.34. The third-order valence-electron chi connectivity index (χ3n) is 2.69. The molecule has 0 aliphatic heterocycles. The minimum absolute atomic E-state index is 0.888. The number of hydrogen-bond acceptors (Lipinski definition) is 4. The van der Waals surface area contributed by atoms with Gasteiger partial charge in [0.1, 0.15) is 5.82 Å². The first-order chi connectivity index (χ1) is 8.36. The lowest BCUT2D eigenvalue weighted by atomic mass is 10.1. The van der Waals surface area contributed by atoms with Crippen molar-refractivity contribution < 1.29 is 0 Å². The highest BCUT2D eigenvalue weighted by Gasteiger charge is 2.02. The van der Waals surface area contributed by atoms with Crippen LogP contribution in [0, 0.1) is 0 Å². The summed E-state index contributed by atoms with van der Waals surface area (Å²) < 4.78 is 0. The van der Waals surface area contributed by atoms with E-state index in [0.717, 1.165) is 11.2 Å². The number of rotatable bonds is 2. The van der Waals surface area contributed by atoms with Crippen LogP contribution >= 0.6 is 11.3 Å². The average molecular weight is 241 g/mol. The monoisotopic (exact) mass is 241 g/mol. The SMILES string of the molecule is CNc1cc2cc(-c3cncs3)ccc2cn1. The summed E-state index contributed by atoms with van der Waals surface area (Å²) in [7, 11) is 1.88. The Labute approximate surface area is 103 Å². The second kappa shape index (κ2) is 4.14. The van der Waals surface area contributed by atoms with Gasteiger partial charge < -0.3 is 5.32 Å². The Morgan fingerprint density at radius 2 is 2.06 bits per heavy atom. The number of fused-ring (bicyclic) bond motifs is 1. The highest BCUT2D eigenvalue weighted by molar-refractivity contribution is 7.13. The molecule has 0 radical (unpaired) electrons. The maximum absolute atomic E-state index is 4.30. The van der Waals surface area contributed by atoms with Gasteiger partial charge in [-0.3, -0.25) is 4.98 Å². The molecule has 0 bridgehead atoms. The molecule has 0 fully saturated rings. The quantitative estimate of drug-likeness (QED) is 0.747. The van der Waals surface area contributed by atoms with Crippen LogP contribution in [0.5, 0.6) is 0 Å². The van der Waals surface area contributed by atoms with Gasteiger partial charge in [-0.2, -0.15) is 0 Å². The van der Waals surface area contributed by atoms with Gasteiger partial charge in [-0.05, 0) is 23.1 Å². The standard InChI is InChI=1S/C13H11N3S/c1-14-13-5-11-4-9(12-7-15-8-17-12)2-3-10(11)6-16-13/h2-8H,1H3,(H,14,16). The van der Waals surface area contributed by atoms with Crippen molar-refractivity contribution in [2.24, 2.45) is 0 Å². The molecule has 0 unspecified atom stereocenters. The molecule has 2 aromatic heterocycles. The molecule has 4 heteroatoms. The van der Waals surface area contributed by atoms with E-state index in [0.29, 0.717) is 0 Å². The first-order valence-electron chi connectivity index (χ1n) is 5.33. The summed E-state index contributed by atoms with van der Waals surface area (Å²) >= 11 is 1.65. The molecule has 0 saturated heterocycles. The van der Waals surface area contributed by atoms with Gasteiger partial charge in [0.2, 0.25) is 0 Å². The zero-order chi connectivity index (χ0) is 11.7. The van der Waals surface area contributed by atoms with Gasteiger partial charge in [0.25, 0.3) is 0 Å². The number of nitrogens with zero attached hydrogens (tertiary/aromatic N) is 2. The minimum Gasteiger partial charge on any atom is -0.373 e. The number of hydrogen-bond donors (Lipinski definition) is 1. The normalized spacial score (nSPS) is 10.6. The van der Waals surface area contributed by atoms with Crippen molar-refractivity contribution in [3.8, 4) is 10.4 Å². The van der Waals surface area contributed by atoms with Gasteiger partial charge in [0.15, 0.2) is 0 Å². The molecule has 3 nitrogen and oxygen atoms in total. The van der Waals surface area contributed by atoms with E-state index in [-0.39, 0.29) is 0 Å². The molecular formula is C13H11N3S. The summed E-state index contributed by atoms with van der Waals surface area (Å²) in [5, 5.41) is 5.39. The number of nitrogens with one attached hydrogen (secondary N) is 1. The van der Waals surface area contributed by atoms with Crippen molar-refractivity contribution in [1.82, 2.24) is 9.97 Å². The fourth-order valence-electron chi connectivity index (χ4n) is 1.79. The highest BCUT2D eigenvalue weighted by Crippen LogP contribution is 2.27. The van der Waals surface area contributed by atoms with E-state index in [1.165, 1.54) is 15.8 Å². The third kappa shape index (κ3) is 1.87. The molecular weight excluding hydrogens is 230 g/mol. The van der Waals surface area contributed by atoms with Crippen molar-refractivity contribution in [2.75, 3.05) is 12.4 Å². The summed E-state index contributed by atoms with van der Waals surface area (Å²) in [6.07, 6.45) is 3.78. The number of pyridine rings is 1. The molecule has 0 amide bonds. The van der Waals surface area contributed by atoms with Crippen LogP contribution in [0.4, 0.5) is 5.82 Å². The molecule has 1 aromatic carbocycles. The van der Waals surface area contributed by atoms with Crippen LogP contribution < -0.4 is 5.32 Å². The molecule has 0 atom stereocenters. The maximum Gasteiger partial charge on any atom is 0.126 e. The van der Waals surface area contributed by atoms with E-state index in [1.54, 1.807) is 11.3 Å². The third-order valence-corrected chi connectivity index (χ3v) is 3.52. The lowest BCUT2D eigenvalue weighted by Gasteiger charge is -2.03. The van der Waals surface area contributed by atoms with Gasteiger partial charge in [-0.25, -0.2) is 4.98 Å². The van der Waals surface area contributed by atoms with Crippen molar-refractivity contribution >= 4 is 27.9 Å². The molecule has 0 aliphatic carbocycles. The van der Waals surface area contributed by atoms with Crippen molar-refractivity contribution in [3.05, 3.63) is 42.2 Å². The lowest BCUT2D eigenvalue weighted by molar-refractivity contribution is 1.31. The Kier molecular flexibility index (Phi) is 2.49. The first kappa shape index (κ1) is 10.2. The first-order valence-corrected chi connectivity index (χ1v) is 6.21. The maximum atomic E-state index is 4.30. The lowest BCUT2D eigenvalue weighted by Crippen LogP contribution is -1.91. The summed E-state index contributed by atoms with van der Waals surface area (Å²) in [4.78, 5) is 9.59. The van der Waals surface area contributed by atoms with E-state index in [4.69, 9.17) is 0 Å². The number of benzene rings is 1. The Bertz CT molecular complexity index is 647. The number of aromatic nitrogens is 2. The van der Waals surface area contributed by atoms with Crippen molar-refractivity contribution in [3.63, 3.8) is 0 Å². The van der Waals surface area contributed by atoms with Crippen molar-refractivity contribution in [2.45, 2.75) is 0 Å². The number of anilines is 1. The van der Waals surface area contributed by atoms with Gasteiger partial charge in [0, 0.05) is 24.8 Å². The molecule has 3 aromatic rings. The average Bonchev–Trinajstić information content (AvgIpc) is 2.91. The Balaban J connectivity index is 2.17. The second-order valence-electron chi connectivity index (χ2n) is 3.75. The molecule has 0 saturated carbocycles. The van der Waals surface area contributed by atoms with E-state index >= 15 is 0 Å². The smallest absolute Gasteiger partial charge is 0.126 e. The molecule has 3 rings (SSSR count). The molecule has 84 valence electrons. The summed E-state index contributed by atoms with van der Waals surface area (Å²) in [5.74, 6) is 0.888.